The molecule has 2 N–H and O–H groups in total. The number of carbonyl (C=O) groups is 1. The SMILES string of the molecule is CNC(=O)Nc1cc(Cl)c(C)cc1Cl. The number of anilines is 1. The number of amides is 2. The van der Waals surface area contributed by atoms with Gasteiger partial charge in [0, 0.05) is 12.1 Å². The lowest BCUT2D eigenvalue weighted by Gasteiger charge is -2.08. The van der Waals surface area contributed by atoms with Gasteiger partial charge in [0.2, 0.25) is 0 Å². The molecule has 0 aliphatic heterocycles. The summed E-state index contributed by atoms with van der Waals surface area (Å²) in [5.41, 5.74) is 1.38. The Labute approximate surface area is 92.4 Å². The van der Waals surface area contributed by atoms with E-state index in [-0.39, 0.29) is 6.03 Å². The van der Waals surface area contributed by atoms with E-state index in [0.29, 0.717) is 15.7 Å². The third kappa shape index (κ3) is 2.53. The smallest absolute Gasteiger partial charge is 0.319 e. The van der Waals surface area contributed by atoms with Crippen LogP contribution in [-0.4, -0.2) is 13.1 Å². The fourth-order valence-electron chi connectivity index (χ4n) is 0.927. The van der Waals surface area contributed by atoms with E-state index in [1.165, 1.54) is 7.05 Å². The topological polar surface area (TPSA) is 41.1 Å². The number of hydrogen-bond acceptors (Lipinski definition) is 1. The van der Waals surface area contributed by atoms with Crippen LogP contribution in [0.3, 0.4) is 0 Å². The molecule has 0 heterocycles. The van der Waals surface area contributed by atoms with E-state index in [4.69, 9.17) is 23.2 Å². The molecule has 1 rings (SSSR count). The number of benzene rings is 1. The molecule has 0 aliphatic carbocycles. The summed E-state index contributed by atoms with van der Waals surface area (Å²) in [7, 11) is 1.53. The van der Waals surface area contributed by atoms with Gasteiger partial charge >= 0.3 is 6.03 Å². The van der Waals surface area contributed by atoms with Crippen LogP contribution in [0.15, 0.2) is 12.1 Å². The first-order valence-electron chi connectivity index (χ1n) is 3.99. The van der Waals surface area contributed by atoms with Crippen LogP contribution in [0.5, 0.6) is 0 Å². The summed E-state index contributed by atoms with van der Waals surface area (Å²) < 4.78 is 0. The van der Waals surface area contributed by atoms with E-state index in [1.807, 2.05) is 6.92 Å². The predicted octanol–water partition coefficient (Wildman–Crippen LogP) is 3.05. The van der Waals surface area contributed by atoms with Crippen LogP contribution in [0.25, 0.3) is 0 Å². The lowest BCUT2D eigenvalue weighted by Crippen LogP contribution is -2.24. The maximum absolute atomic E-state index is 11.0. The van der Waals surface area contributed by atoms with Gasteiger partial charge in [-0.3, -0.25) is 0 Å². The second-order valence-corrected chi connectivity index (χ2v) is 3.60. The average molecular weight is 233 g/mol. The second-order valence-electron chi connectivity index (χ2n) is 2.79. The molecule has 1 aromatic carbocycles. The minimum atomic E-state index is -0.327. The minimum Gasteiger partial charge on any atom is -0.341 e. The monoisotopic (exact) mass is 232 g/mol. The van der Waals surface area contributed by atoms with E-state index in [9.17, 15) is 4.79 Å². The molecule has 5 heteroatoms. The van der Waals surface area contributed by atoms with Crippen molar-refractivity contribution in [3.63, 3.8) is 0 Å². The Morgan fingerprint density at radius 3 is 2.50 bits per heavy atom. The molecule has 0 fully saturated rings. The molecule has 3 nitrogen and oxygen atoms in total. The maximum Gasteiger partial charge on any atom is 0.319 e. The van der Waals surface area contributed by atoms with Crippen LogP contribution in [-0.2, 0) is 0 Å². The highest BCUT2D eigenvalue weighted by Gasteiger charge is 2.06. The van der Waals surface area contributed by atoms with Crippen molar-refractivity contribution in [3.05, 3.63) is 27.7 Å². The predicted molar refractivity (Wildman–Crippen MR) is 59.3 cm³/mol. The number of hydrogen-bond donors (Lipinski definition) is 2. The summed E-state index contributed by atoms with van der Waals surface area (Å²) in [6.45, 7) is 1.85. The summed E-state index contributed by atoms with van der Waals surface area (Å²) in [6, 6.07) is 3.00. The lowest BCUT2D eigenvalue weighted by molar-refractivity contribution is 0.254. The number of nitrogens with one attached hydrogen (secondary N) is 2. The molecular formula is C9H10Cl2N2O. The summed E-state index contributed by atoms with van der Waals surface area (Å²) in [5.74, 6) is 0. The van der Waals surface area contributed by atoms with Crippen LogP contribution in [0.1, 0.15) is 5.56 Å². The molecule has 0 aromatic heterocycles. The molecule has 0 atom stereocenters. The first kappa shape index (κ1) is 11.1. The molecule has 14 heavy (non-hydrogen) atoms. The number of aryl methyl sites for hydroxylation is 1. The Bertz CT molecular complexity index is 366. The van der Waals surface area contributed by atoms with Crippen molar-refractivity contribution >= 4 is 34.9 Å². The van der Waals surface area contributed by atoms with Gasteiger partial charge in [-0.25, -0.2) is 4.79 Å². The molecule has 1 aromatic rings. The van der Waals surface area contributed by atoms with Gasteiger partial charge in [0.1, 0.15) is 0 Å². The third-order valence-electron chi connectivity index (χ3n) is 1.72. The molecule has 0 saturated carbocycles. The van der Waals surface area contributed by atoms with Gasteiger partial charge in [-0.1, -0.05) is 23.2 Å². The molecular weight excluding hydrogens is 223 g/mol. The average Bonchev–Trinajstić information content (AvgIpc) is 2.14. The van der Waals surface area contributed by atoms with E-state index in [0.717, 1.165) is 5.56 Å². The van der Waals surface area contributed by atoms with Crippen LogP contribution >= 0.6 is 23.2 Å². The fourth-order valence-corrected chi connectivity index (χ4v) is 1.36. The van der Waals surface area contributed by atoms with Crippen molar-refractivity contribution < 1.29 is 4.79 Å². The van der Waals surface area contributed by atoms with Gasteiger partial charge in [-0.15, -0.1) is 0 Å². The van der Waals surface area contributed by atoms with Gasteiger partial charge in [0.05, 0.1) is 10.7 Å². The number of halogens is 2. The zero-order valence-electron chi connectivity index (χ0n) is 7.82. The molecule has 76 valence electrons. The Hall–Kier alpha value is -0.930. The van der Waals surface area contributed by atoms with E-state index in [2.05, 4.69) is 10.6 Å². The summed E-state index contributed by atoms with van der Waals surface area (Å²) in [6.07, 6.45) is 0. The summed E-state index contributed by atoms with van der Waals surface area (Å²) in [5, 5.41) is 6.02. The molecule has 0 radical (unpaired) electrons. The van der Waals surface area contributed by atoms with E-state index >= 15 is 0 Å². The van der Waals surface area contributed by atoms with Crippen LogP contribution in [0.4, 0.5) is 10.5 Å². The number of urea groups is 1. The van der Waals surface area contributed by atoms with Crippen LogP contribution in [0.2, 0.25) is 10.0 Å². The van der Waals surface area contributed by atoms with Gasteiger partial charge < -0.3 is 10.6 Å². The Kier molecular flexibility index (Phi) is 3.61. The Morgan fingerprint density at radius 2 is 1.93 bits per heavy atom. The van der Waals surface area contributed by atoms with Gasteiger partial charge in [-0.05, 0) is 24.6 Å². The van der Waals surface area contributed by atoms with E-state index < -0.39 is 0 Å². The largest absolute Gasteiger partial charge is 0.341 e. The molecule has 2 amide bonds. The normalized spacial score (nSPS) is 9.71. The van der Waals surface area contributed by atoms with Crippen LogP contribution in [0, 0.1) is 6.92 Å². The molecule has 0 unspecified atom stereocenters. The van der Waals surface area contributed by atoms with Crippen molar-refractivity contribution in [2.24, 2.45) is 0 Å². The Balaban J connectivity index is 2.98. The second kappa shape index (κ2) is 4.53. The lowest BCUT2D eigenvalue weighted by atomic mass is 10.2. The van der Waals surface area contributed by atoms with Crippen molar-refractivity contribution in [1.29, 1.82) is 0 Å². The van der Waals surface area contributed by atoms with Crippen molar-refractivity contribution in [1.82, 2.24) is 5.32 Å². The van der Waals surface area contributed by atoms with Crippen LogP contribution < -0.4 is 10.6 Å². The molecule has 0 saturated heterocycles. The highest BCUT2D eigenvalue weighted by Crippen LogP contribution is 2.28. The Morgan fingerprint density at radius 1 is 1.29 bits per heavy atom. The third-order valence-corrected chi connectivity index (χ3v) is 2.44. The van der Waals surface area contributed by atoms with Crippen molar-refractivity contribution in [2.75, 3.05) is 12.4 Å². The van der Waals surface area contributed by atoms with Crippen molar-refractivity contribution in [3.8, 4) is 0 Å². The molecule has 0 aliphatic rings. The van der Waals surface area contributed by atoms with E-state index in [1.54, 1.807) is 12.1 Å². The molecule has 0 spiro atoms. The molecule has 0 bridgehead atoms. The first-order chi connectivity index (χ1) is 6.54. The highest BCUT2D eigenvalue weighted by molar-refractivity contribution is 6.36. The fraction of sp³-hybridized carbons (Fsp3) is 0.222. The number of rotatable bonds is 1. The van der Waals surface area contributed by atoms with Gasteiger partial charge in [0.15, 0.2) is 0 Å². The maximum atomic E-state index is 11.0. The summed E-state index contributed by atoms with van der Waals surface area (Å²) in [4.78, 5) is 11.0. The zero-order chi connectivity index (χ0) is 10.7. The first-order valence-corrected chi connectivity index (χ1v) is 4.74. The zero-order valence-corrected chi connectivity index (χ0v) is 9.33. The highest BCUT2D eigenvalue weighted by atomic mass is 35.5. The van der Waals surface area contributed by atoms with Gasteiger partial charge in [0.25, 0.3) is 0 Å². The minimum absolute atomic E-state index is 0.327. The van der Waals surface area contributed by atoms with Crippen molar-refractivity contribution in [2.45, 2.75) is 6.92 Å². The quantitative estimate of drug-likeness (QED) is 0.768. The number of carbonyl (C=O) groups excluding carboxylic acids is 1. The standard InChI is InChI=1S/C9H10Cl2N2O/c1-5-3-7(11)8(4-6(5)10)13-9(14)12-2/h3-4H,1-2H3,(H2,12,13,14). The van der Waals surface area contributed by atoms with Gasteiger partial charge in [-0.2, -0.15) is 0 Å². The summed E-state index contributed by atoms with van der Waals surface area (Å²) >= 11 is 11.8.